The first kappa shape index (κ1) is 13.2. The van der Waals surface area contributed by atoms with Crippen molar-refractivity contribution in [2.24, 2.45) is 0 Å². The van der Waals surface area contributed by atoms with Gasteiger partial charge in [0.2, 0.25) is 0 Å². The quantitative estimate of drug-likeness (QED) is 0.900. The normalized spacial score (nSPS) is 16.5. The summed E-state index contributed by atoms with van der Waals surface area (Å²) in [6, 6.07) is 4.73. The molecule has 0 bridgehead atoms. The van der Waals surface area contributed by atoms with E-state index in [4.69, 9.17) is 5.73 Å². The van der Waals surface area contributed by atoms with Crippen molar-refractivity contribution >= 4 is 5.69 Å². The van der Waals surface area contributed by atoms with Crippen LogP contribution in [0.4, 0.5) is 10.1 Å². The third kappa shape index (κ3) is 2.42. The van der Waals surface area contributed by atoms with E-state index in [2.05, 4.69) is 5.10 Å². The van der Waals surface area contributed by atoms with Gasteiger partial charge < -0.3 is 5.73 Å². The molecule has 2 N–H and O–H groups in total. The van der Waals surface area contributed by atoms with Crippen LogP contribution < -0.4 is 5.73 Å². The Hall–Kier alpha value is -1.84. The standard InChI is InChI=1S/C16H20FN3/c1-11-9-13(17)7-8-15(11)20-10-14(18)16(19-20)12-5-3-2-4-6-12/h7-10,12H,2-6,18H2,1H3. The second-order valence-corrected chi connectivity index (χ2v) is 5.68. The fraction of sp³-hybridized carbons (Fsp3) is 0.438. The van der Waals surface area contributed by atoms with Gasteiger partial charge in [-0.25, -0.2) is 9.07 Å². The van der Waals surface area contributed by atoms with Crippen molar-refractivity contribution in [3.8, 4) is 5.69 Å². The minimum absolute atomic E-state index is 0.223. The highest BCUT2D eigenvalue weighted by molar-refractivity contribution is 5.48. The molecule has 1 fully saturated rings. The molecule has 1 aromatic heterocycles. The first-order chi connectivity index (χ1) is 9.65. The molecule has 0 spiro atoms. The summed E-state index contributed by atoms with van der Waals surface area (Å²) >= 11 is 0. The van der Waals surface area contributed by atoms with Crippen LogP contribution >= 0.6 is 0 Å². The van der Waals surface area contributed by atoms with Gasteiger partial charge in [0.1, 0.15) is 5.82 Å². The molecule has 1 heterocycles. The SMILES string of the molecule is Cc1cc(F)ccc1-n1cc(N)c(C2CCCCC2)n1. The molecule has 1 aromatic carbocycles. The number of nitrogen functional groups attached to an aromatic ring is 1. The monoisotopic (exact) mass is 273 g/mol. The Kier molecular flexibility index (Phi) is 3.47. The molecule has 1 aliphatic rings. The molecule has 4 heteroatoms. The van der Waals surface area contributed by atoms with E-state index < -0.39 is 0 Å². The molecule has 0 atom stereocenters. The minimum atomic E-state index is -0.223. The van der Waals surface area contributed by atoms with Crippen LogP contribution in [0.2, 0.25) is 0 Å². The predicted molar refractivity (Wildman–Crippen MR) is 78.5 cm³/mol. The van der Waals surface area contributed by atoms with Gasteiger partial charge in [-0.2, -0.15) is 5.10 Å². The van der Waals surface area contributed by atoms with E-state index in [-0.39, 0.29) is 5.82 Å². The van der Waals surface area contributed by atoms with Crippen molar-refractivity contribution in [1.82, 2.24) is 9.78 Å². The lowest BCUT2D eigenvalue weighted by Crippen LogP contribution is -2.08. The lowest BCUT2D eigenvalue weighted by atomic mass is 9.86. The van der Waals surface area contributed by atoms with Gasteiger partial charge in [-0.15, -0.1) is 0 Å². The van der Waals surface area contributed by atoms with Crippen molar-refractivity contribution in [2.75, 3.05) is 5.73 Å². The van der Waals surface area contributed by atoms with E-state index in [1.54, 1.807) is 10.7 Å². The molecular weight excluding hydrogens is 253 g/mol. The number of benzene rings is 1. The zero-order valence-electron chi connectivity index (χ0n) is 11.8. The maximum atomic E-state index is 13.2. The number of nitrogens with zero attached hydrogens (tertiary/aromatic N) is 2. The number of hydrogen-bond acceptors (Lipinski definition) is 2. The third-order valence-corrected chi connectivity index (χ3v) is 4.17. The lowest BCUT2D eigenvalue weighted by Gasteiger charge is -2.20. The predicted octanol–water partition coefficient (Wildman–Crippen LogP) is 3.95. The smallest absolute Gasteiger partial charge is 0.123 e. The summed E-state index contributed by atoms with van der Waals surface area (Å²) in [6.45, 7) is 1.89. The maximum absolute atomic E-state index is 13.2. The van der Waals surface area contributed by atoms with Crippen LogP contribution in [0, 0.1) is 12.7 Å². The summed E-state index contributed by atoms with van der Waals surface area (Å²) in [6.07, 6.45) is 8.02. The van der Waals surface area contributed by atoms with Gasteiger partial charge in [-0.05, 0) is 43.5 Å². The Morgan fingerprint density at radius 1 is 1.25 bits per heavy atom. The van der Waals surface area contributed by atoms with Crippen molar-refractivity contribution < 1.29 is 4.39 Å². The largest absolute Gasteiger partial charge is 0.396 e. The summed E-state index contributed by atoms with van der Waals surface area (Å²) in [7, 11) is 0. The topological polar surface area (TPSA) is 43.8 Å². The van der Waals surface area contributed by atoms with Gasteiger partial charge in [0.25, 0.3) is 0 Å². The molecule has 1 aliphatic carbocycles. The van der Waals surface area contributed by atoms with Crippen molar-refractivity contribution in [1.29, 1.82) is 0 Å². The minimum Gasteiger partial charge on any atom is -0.396 e. The number of aryl methyl sites for hydroxylation is 1. The maximum Gasteiger partial charge on any atom is 0.123 e. The number of halogens is 1. The highest BCUT2D eigenvalue weighted by Crippen LogP contribution is 2.35. The molecule has 3 rings (SSSR count). The molecule has 106 valence electrons. The molecule has 2 aromatic rings. The highest BCUT2D eigenvalue weighted by atomic mass is 19.1. The second kappa shape index (κ2) is 5.27. The van der Waals surface area contributed by atoms with Crippen LogP contribution in [0.1, 0.15) is 49.3 Å². The molecule has 0 radical (unpaired) electrons. The summed E-state index contributed by atoms with van der Waals surface area (Å²) in [5, 5.41) is 4.66. The lowest BCUT2D eigenvalue weighted by molar-refractivity contribution is 0.435. The Morgan fingerprint density at radius 3 is 2.70 bits per heavy atom. The van der Waals surface area contributed by atoms with Crippen LogP contribution in [0.25, 0.3) is 5.69 Å². The fourth-order valence-corrected chi connectivity index (χ4v) is 3.09. The summed E-state index contributed by atoms with van der Waals surface area (Å²) in [5.41, 5.74) is 9.64. The number of nitrogens with two attached hydrogens (primary N) is 1. The van der Waals surface area contributed by atoms with Crippen LogP contribution in [0.5, 0.6) is 0 Å². The molecule has 0 aliphatic heterocycles. The van der Waals surface area contributed by atoms with Crippen molar-refractivity contribution in [3.05, 3.63) is 41.5 Å². The van der Waals surface area contributed by atoms with E-state index in [9.17, 15) is 4.39 Å². The molecular formula is C16H20FN3. The Balaban J connectivity index is 1.95. The average molecular weight is 273 g/mol. The van der Waals surface area contributed by atoms with E-state index in [1.807, 2.05) is 13.1 Å². The van der Waals surface area contributed by atoms with Gasteiger partial charge >= 0.3 is 0 Å². The number of rotatable bonds is 2. The van der Waals surface area contributed by atoms with Gasteiger partial charge in [0.15, 0.2) is 0 Å². The fourth-order valence-electron chi connectivity index (χ4n) is 3.09. The van der Waals surface area contributed by atoms with Gasteiger partial charge in [-0.3, -0.25) is 0 Å². The first-order valence-electron chi connectivity index (χ1n) is 7.26. The van der Waals surface area contributed by atoms with Gasteiger partial charge in [0, 0.05) is 5.92 Å². The van der Waals surface area contributed by atoms with Crippen LogP contribution in [0.15, 0.2) is 24.4 Å². The molecule has 20 heavy (non-hydrogen) atoms. The Labute approximate surface area is 118 Å². The zero-order valence-corrected chi connectivity index (χ0v) is 11.8. The Bertz CT molecular complexity index is 612. The first-order valence-corrected chi connectivity index (χ1v) is 7.26. The number of anilines is 1. The van der Waals surface area contributed by atoms with E-state index in [0.717, 1.165) is 22.6 Å². The molecule has 3 nitrogen and oxygen atoms in total. The molecule has 0 amide bonds. The van der Waals surface area contributed by atoms with Gasteiger partial charge in [-0.1, -0.05) is 19.3 Å². The van der Waals surface area contributed by atoms with Gasteiger partial charge in [0.05, 0.1) is 23.3 Å². The molecule has 1 saturated carbocycles. The van der Waals surface area contributed by atoms with Crippen LogP contribution in [0.3, 0.4) is 0 Å². The molecule has 0 saturated heterocycles. The Morgan fingerprint density at radius 2 is 2.00 bits per heavy atom. The van der Waals surface area contributed by atoms with Crippen molar-refractivity contribution in [3.63, 3.8) is 0 Å². The average Bonchev–Trinajstić information content (AvgIpc) is 2.81. The third-order valence-electron chi connectivity index (χ3n) is 4.17. The van der Waals surface area contributed by atoms with Crippen LogP contribution in [-0.4, -0.2) is 9.78 Å². The zero-order chi connectivity index (χ0) is 14.1. The number of hydrogen-bond donors (Lipinski definition) is 1. The summed E-state index contributed by atoms with van der Waals surface area (Å²) in [4.78, 5) is 0. The number of aromatic nitrogens is 2. The van der Waals surface area contributed by atoms with E-state index in [1.165, 1.54) is 44.2 Å². The van der Waals surface area contributed by atoms with Crippen LogP contribution in [-0.2, 0) is 0 Å². The molecule has 0 unspecified atom stereocenters. The second-order valence-electron chi connectivity index (χ2n) is 5.68. The highest BCUT2D eigenvalue weighted by Gasteiger charge is 2.21. The summed E-state index contributed by atoms with van der Waals surface area (Å²) < 4.78 is 15.0. The van der Waals surface area contributed by atoms with E-state index in [0.29, 0.717) is 5.92 Å². The summed E-state index contributed by atoms with van der Waals surface area (Å²) in [5.74, 6) is 0.254. The van der Waals surface area contributed by atoms with E-state index >= 15 is 0 Å². The van der Waals surface area contributed by atoms with Crippen molar-refractivity contribution in [2.45, 2.75) is 44.9 Å².